The lowest BCUT2D eigenvalue weighted by atomic mass is 9.91. The van der Waals surface area contributed by atoms with E-state index >= 15 is 0 Å². The van der Waals surface area contributed by atoms with Crippen LogP contribution in [0.5, 0.6) is 0 Å². The number of ether oxygens (including phenoxy) is 3. The zero-order valence-electron chi connectivity index (χ0n) is 20.0. The van der Waals surface area contributed by atoms with Gasteiger partial charge in [-0.25, -0.2) is 8.42 Å². The molecule has 10 nitrogen and oxygen atoms in total. The van der Waals surface area contributed by atoms with Crippen LogP contribution >= 0.6 is 11.3 Å². The van der Waals surface area contributed by atoms with E-state index in [4.69, 9.17) is 14.2 Å². The molecule has 0 aliphatic carbocycles. The first-order valence-corrected chi connectivity index (χ1v) is 13.7. The normalized spacial score (nSPS) is 23.5. The van der Waals surface area contributed by atoms with E-state index in [-0.39, 0.29) is 22.5 Å². The van der Waals surface area contributed by atoms with Crippen molar-refractivity contribution in [2.45, 2.75) is 56.3 Å². The summed E-state index contributed by atoms with van der Waals surface area (Å²) in [5.41, 5.74) is 1.50. The highest BCUT2D eigenvalue weighted by atomic mass is 32.2. The molecule has 3 heterocycles. The summed E-state index contributed by atoms with van der Waals surface area (Å²) in [6, 6.07) is 15.3. The van der Waals surface area contributed by atoms with Gasteiger partial charge in [-0.3, -0.25) is 9.52 Å². The molecule has 2 saturated heterocycles. The number of amides is 1. The summed E-state index contributed by atoms with van der Waals surface area (Å²) in [5, 5.41) is 8.46. The van der Waals surface area contributed by atoms with Crippen LogP contribution in [0.2, 0.25) is 0 Å². The lowest BCUT2D eigenvalue weighted by Crippen LogP contribution is -2.70. The number of sulfonamides is 1. The Hall–Kier alpha value is -2.90. The molecule has 3 aromatic rings. The van der Waals surface area contributed by atoms with E-state index in [2.05, 4.69) is 14.9 Å². The second-order valence-corrected chi connectivity index (χ2v) is 11.9. The van der Waals surface area contributed by atoms with E-state index < -0.39 is 34.1 Å². The number of hydrogen-bond donors (Lipinski definition) is 1. The lowest BCUT2D eigenvalue weighted by molar-refractivity contribution is -0.164. The topological polar surface area (TPSA) is 120 Å². The lowest BCUT2D eigenvalue weighted by Gasteiger charge is -2.48. The quantitative estimate of drug-likeness (QED) is 0.441. The molecule has 2 aromatic carbocycles. The maximum absolute atomic E-state index is 13.2. The van der Waals surface area contributed by atoms with E-state index in [0.29, 0.717) is 17.3 Å². The van der Waals surface area contributed by atoms with E-state index in [1.807, 2.05) is 44.2 Å². The predicted octanol–water partition coefficient (Wildman–Crippen LogP) is 3.10. The van der Waals surface area contributed by atoms with Crippen molar-refractivity contribution in [3.63, 3.8) is 0 Å². The fourth-order valence-electron chi connectivity index (χ4n) is 4.26. The van der Waals surface area contributed by atoms with Crippen LogP contribution in [-0.4, -0.2) is 55.2 Å². The van der Waals surface area contributed by atoms with Crippen molar-refractivity contribution >= 4 is 38.1 Å². The summed E-state index contributed by atoms with van der Waals surface area (Å²) >= 11 is 1.14. The maximum Gasteiger partial charge on any atom is 0.263 e. The van der Waals surface area contributed by atoms with Crippen molar-refractivity contribution < 1.29 is 27.4 Å². The average Bonchev–Trinajstić information content (AvgIpc) is 3.41. The minimum Gasteiger partial charge on any atom is -0.361 e. The Morgan fingerprint density at radius 1 is 1.14 bits per heavy atom. The number of rotatable bonds is 8. The van der Waals surface area contributed by atoms with Crippen LogP contribution in [0.3, 0.4) is 0 Å². The van der Waals surface area contributed by atoms with Crippen molar-refractivity contribution in [3.05, 3.63) is 65.2 Å². The first-order valence-electron chi connectivity index (χ1n) is 11.4. The van der Waals surface area contributed by atoms with Crippen molar-refractivity contribution in [1.29, 1.82) is 0 Å². The standard InChI is InChI=1S/C24H26N4O6S2/c1-15-25-26-23(35-15)27-36(30,31)18-11-9-17(10-12-18)28-20(19-14-33-24(2,3)34-19)21(22(28)29)32-13-16-7-5-4-6-8-16/h4-12,19-21H,13-14H2,1-3H3,(H,26,27)/t19-,20?,21?/m0/s1. The number of carbonyl (C=O) groups is 1. The molecule has 12 heteroatoms. The molecular weight excluding hydrogens is 504 g/mol. The third kappa shape index (κ3) is 5.00. The molecule has 0 bridgehead atoms. The second kappa shape index (κ2) is 9.52. The smallest absolute Gasteiger partial charge is 0.263 e. The van der Waals surface area contributed by atoms with Gasteiger partial charge >= 0.3 is 0 Å². The Balaban J connectivity index is 1.35. The number of aromatic nitrogens is 2. The SMILES string of the molecule is Cc1nnc(NS(=O)(=O)c2ccc(N3C(=O)C(OCc4ccccc4)C3[C@@H]3COC(C)(C)O3)cc2)s1. The number of nitrogens with zero attached hydrogens (tertiary/aromatic N) is 3. The van der Waals surface area contributed by atoms with Crippen LogP contribution in [0.4, 0.5) is 10.8 Å². The molecule has 3 atom stereocenters. The monoisotopic (exact) mass is 530 g/mol. The number of benzene rings is 2. The molecule has 5 rings (SSSR count). The Morgan fingerprint density at radius 2 is 1.86 bits per heavy atom. The van der Waals surface area contributed by atoms with Gasteiger partial charge < -0.3 is 19.1 Å². The van der Waals surface area contributed by atoms with Gasteiger partial charge in [0.1, 0.15) is 17.2 Å². The zero-order chi connectivity index (χ0) is 25.5. The molecule has 0 radical (unpaired) electrons. The van der Waals surface area contributed by atoms with Gasteiger partial charge in [-0.05, 0) is 50.6 Å². The van der Waals surface area contributed by atoms with Gasteiger partial charge in [0.25, 0.3) is 15.9 Å². The van der Waals surface area contributed by atoms with Gasteiger partial charge in [-0.15, -0.1) is 10.2 Å². The van der Waals surface area contributed by atoms with Crippen LogP contribution in [0, 0.1) is 6.92 Å². The van der Waals surface area contributed by atoms with Gasteiger partial charge in [-0.2, -0.15) is 0 Å². The Morgan fingerprint density at radius 3 is 2.47 bits per heavy atom. The van der Waals surface area contributed by atoms with E-state index in [0.717, 1.165) is 16.9 Å². The number of nitrogens with one attached hydrogen (secondary N) is 1. The van der Waals surface area contributed by atoms with E-state index in [9.17, 15) is 13.2 Å². The molecule has 0 spiro atoms. The van der Waals surface area contributed by atoms with Crippen molar-refractivity contribution in [2.24, 2.45) is 0 Å². The van der Waals surface area contributed by atoms with Crippen LogP contribution in [-0.2, 0) is 35.6 Å². The van der Waals surface area contributed by atoms with Crippen molar-refractivity contribution in [3.8, 4) is 0 Å². The van der Waals surface area contributed by atoms with E-state index in [1.54, 1.807) is 24.0 Å². The van der Waals surface area contributed by atoms with Crippen LogP contribution in [0.15, 0.2) is 59.5 Å². The molecule has 190 valence electrons. The predicted molar refractivity (Wildman–Crippen MR) is 133 cm³/mol. The first kappa shape index (κ1) is 24.8. The van der Waals surface area contributed by atoms with Crippen LogP contribution < -0.4 is 9.62 Å². The summed E-state index contributed by atoms with van der Waals surface area (Å²) in [6.45, 7) is 5.98. The Bertz CT molecular complexity index is 1340. The molecule has 2 aliphatic heterocycles. The molecule has 2 fully saturated rings. The minimum absolute atomic E-state index is 0.0436. The zero-order valence-corrected chi connectivity index (χ0v) is 21.6. The maximum atomic E-state index is 13.2. The fourth-order valence-corrected chi connectivity index (χ4v) is 6.08. The molecule has 2 aliphatic rings. The summed E-state index contributed by atoms with van der Waals surface area (Å²) < 4.78 is 45.8. The Kier molecular flexibility index (Phi) is 6.55. The highest BCUT2D eigenvalue weighted by Gasteiger charge is 2.56. The summed E-state index contributed by atoms with van der Waals surface area (Å²) in [5.74, 6) is -0.992. The number of anilines is 2. The highest BCUT2D eigenvalue weighted by Crippen LogP contribution is 2.38. The third-order valence-corrected chi connectivity index (χ3v) is 8.18. The van der Waals surface area contributed by atoms with Gasteiger partial charge in [0.15, 0.2) is 11.9 Å². The summed E-state index contributed by atoms with van der Waals surface area (Å²) in [6.07, 6.45) is -1.11. The molecule has 1 amide bonds. The summed E-state index contributed by atoms with van der Waals surface area (Å²) in [7, 11) is -3.85. The van der Waals surface area contributed by atoms with Crippen molar-refractivity contribution in [1.82, 2.24) is 10.2 Å². The van der Waals surface area contributed by atoms with Crippen LogP contribution in [0.1, 0.15) is 24.4 Å². The molecule has 1 N–H and O–H groups in total. The average molecular weight is 531 g/mol. The third-order valence-electron chi connectivity index (χ3n) is 5.95. The molecule has 0 saturated carbocycles. The number of aryl methyl sites for hydroxylation is 1. The van der Waals surface area contributed by atoms with E-state index in [1.165, 1.54) is 12.1 Å². The molecular formula is C24H26N4O6S2. The largest absolute Gasteiger partial charge is 0.361 e. The summed E-state index contributed by atoms with van der Waals surface area (Å²) in [4.78, 5) is 14.8. The van der Waals surface area contributed by atoms with Gasteiger partial charge in [0.05, 0.1) is 18.1 Å². The first-order chi connectivity index (χ1) is 17.1. The van der Waals surface area contributed by atoms with Gasteiger partial charge in [0.2, 0.25) is 5.13 Å². The number of β-lactam (4-membered cyclic amide) rings is 1. The Labute approximate surface area is 213 Å². The molecule has 1 aromatic heterocycles. The highest BCUT2D eigenvalue weighted by molar-refractivity contribution is 7.93. The van der Waals surface area contributed by atoms with Gasteiger partial charge in [-0.1, -0.05) is 41.7 Å². The molecule has 2 unspecified atom stereocenters. The second-order valence-electron chi connectivity index (χ2n) is 9.01. The minimum atomic E-state index is -3.85. The number of carbonyl (C=O) groups excluding carboxylic acids is 1. The van der Waals surface area contributed by atoms with Crippen LogP contribution in [0.25, 0.3) is 0 Å². The van der Waals surface area contributed by atoms with Gasteiger partial charge in [0, 0.05) is 5.69 Å². The molecule has 36 heavy (non-hydrogen) atoms. The fraction of sp³-hybridized carbons (Fsp3) is 0.375. The van der Waals surface area contributed by atoms with Crippen molar-refractivity contribution in [2.75, 3.05) is 16.2 Å². The number of hydrogen-bond acceptors (Lipinski definition) is 9.